The van der Waals surface area contributed by atoms with Crippen molar-refractivity contribution in [3.63, 3.8) is 0 Å². The van der Waals surface area contributed by atoms with Gasteiger partial charge < -0.3 is 15.7 Å². The topological polar surface area (TPSA) is 78.4 Å². The third-order valence-corrected chi connectivity index (χ3v) is 3.88. The summed E-state index contributed by atoms with van der Waals surface area (Å²) in [4.78, 5) is 23.4. The summed E-state index contributed by atoms with van der Waals surface area (Å²) in [6.07, 6.45) is -2.60. The molecule has 0 aromatic heterocycles. The van der Waals surface area contributed by atoms with Gasteiger partial charge in [-0.2, -0.15) is 13.2 Å². The molecule has 1 aliphatic rings. The molecule has 0 spiro atoms. The van der Waals surface area contributed by atoms with E-state index in [2.05, 4.69) is 10.6 Å². The number of carbonyl (C=O) groups is 2. The number of carbonyl (C=O) groups excluding carboxylic acids is 2. The third kappa shape index (κ3) is 4.22. The molecule has 2 rings (SSSR count). The maximum absolute atomic E-state index is 12.7. The molecule has 1 aliphatic carbocycles. The van der Waals surface area contributed by atoms with Gasteiger partial charge in [0.25, 0.3) is 0 Å². The second-order valence-electron chi connectivity index (χ2n) is 5.74. The maximum atomic E-state index is 12.7. The zero-order chi connectivity index (χ0) is 17.3. The maximum Gasteiger partial charge on any atom is 0.416 e. The highest BCUT2D eigenvalue weighted by Gasteiger charge is 2.35. The van der Waals surface area contributed by atoms with Crippen LogP contribution in [0.2, 0.25) is 0 Å². The molecule has 1 saturated carbocycles. The predicted octanol–water partition coefficient (Wildman–Crippen LogP) is 1.98. The highest BCUT2D eigenvalue weighted by molar-refractivity contribution is 6.39. The normalized spacial score (nSPS) is 16.4. The molecule has 1 aromatic carbocycles. The Morgan fingerprint density at radius 3 is 2.43 bits per heavy atom. The number of hydrogen-bond acceptors (Lipinski definition) is 3. The fraction of sp³-hybridized carbons (Fsp3) is 0.467. The molecular weight excluding hydrogens is 313 g/mol. The number of benzene rings is 1. The van der Waals surface area contributed by atoms with E-state index in [1.807, 2.05) is 0 Å². The van der Waals surface area contributed by atoms with E-state index >= 15 is 0 Å². The van der Waals surface area contributed by atoms with Gasteiger partial charge in [-0.25, -0.2) is 0 Å². The molecule has 0 saturated heterocycles. The lowest BCUT2D eigenvalue weighted by molar-refractivity contribution is -0.137. The second-order valence-corrected chi connectivity index (χ2v) is 5.74. The average molecular weight is 330 g/mol. The van der Waals surface area contributed by atoms with Crippen LogP contribution in [0, 0.1) is 6.92 Å². The highest BCUT2D eigenvalue weighted by atomic mass is 19.4. The molecule has 5 nitrogen and oxygen atoms in total. The molecule has 8 heteroatoms. The summed E-state index contributed by atoms with van der Waals surface area (Å²) in [6.45, 7) is 1.46. The fourth-order valence-corrected chi connectivity index (χ4v) is 2.20. The summed E-state index contributed by atoms with van der Waals surface area (Å²) < 4.78 is 38.0. The summed E-state index contributed by atoms with van der Waals surface area (Å²) in [6, 6.07) is 2.89. The molecule has 1 fully saturated rings. The zero-order valence-electron chi connectivity index (χ0n) is 12.5. The minimum atomic E-state index is -4.54. The summed E-state index contributed by atoms with van der Waals surface area (Å²) >= 11 is 0. The lowest BCUT2D eigenvalue weighted by atomic mass is 9.80. The van der Waals surface area contributed by atoms with Crippen molar-refractivity contribution in [3.8, 4) is 0 Å². The standard InChI is InChI=1S/C15H17F3N2O3/c1-9-3-4-10(15(16,17)18)7-11(9)20-13(22)12(21)19-8-14(23)5-2-6-14/h3-4,7,23H,2,5-6,8H2,1H3,(H,19,21)(H,20,22). The van der Waals surface area contributed by atoms with E-state index in [1.165, 1.54) is 13.0 Å². The van der Waals surface area contributed by atoms with Gasteiger partial charge in [-0.15, -0.1) is 0 Å². The van der Waals surface area contributed by atoms with Crippen LogP contribution >= 0.6 is 0 Å². The lowest BCUT2D eigenvalue weighted by Crippen LogP contribution is -2.49. The molecule has 2 amide bonds. The van der Waals surface area contributed by atoms with E-state index in [0.717, 1.165) is 18.6 Å². The Balaban J connectivity index is 2.00. The lowest BCUT2D eigenvalue weighted by Gasteiger charge is -2.36. The Morgan fingerprint density at radius 1 is 1.26 bits per heavy atom. The van der Waals surface area contributed by atoms with E-state index < -0.39 is 29.2 Å². The number of hydrogen-bond donors (Lipinski definition) is 3. The summed E-state index contributed by atoms with van der Waals surface area (Å²) in [5.41, 5.74) is -1.58. The number of aliphatic hydroxyl groups is 1. The third-order valence-electron chi connectivity index (χ3n) is 3.88. The highest BCUT2D eigenvalue weighted by Crippen LogP contribution is 2.32. The molecule has 0 unspecified atom stereocenters. The van der Waals surface area contributed by atoms with Crippen LogP contribution in [0.25, 0.3) is 0 Å². The molecule has 0 atom stereocenters. The first kappa shape index (κ1) is 17.3. The van der Waals surface area contributed by atoms with Crippen molar-refractivity contribution < 1.29 is 27.9 Å². The van der Waals surface area contributed by atoms with Crippen molar-refractivity contribution in [2.45, 2.75) is 38.0 Å². The SMILES string of the molecule is Cc1ccc(C(F)(F)F)cc1NC(=O)C(=O)NCC1(O)CCC1. The Labute approximate surface area is 130 Å². The number of anilines is 1. The van der Waals surface area contributed by atoms with Gasteiger partial charge in [0, 0.05) is 12.2 Å². The first-order valence-corrected chi connectivity index (χ1v) is 7.10. The van der Waals surface area contributed by atoms with Crippen LogP contribution in [-0.4, -0.2) is 29.1 Å². The van der Waals surface area contributed by atoms with Crippen LogP contribution in [0.15, 0.2) is 18.2 Å². The molecule has 0 bridgehead atoms. The number of nitrogens with one attached hydrogen (secondary N) is 2. The molecule has 0 heterocycles. The summed E-state index contributed by atoms with van der Waals surface area (Å²) in [7, 11) is 0. The van der Waals surface area contributed by atoms with Crippen molar-refractivity contribution in [2.75, 3.05) is 11.9 Å². The van der Waals surface area contributed by atoms with Gasteiger partial charge >= 0.3 is 18.0 Å². The number of alkyl halides is 3. The predicted molar refractivity (Wildman–Crippen MR) is 76.6 cm³/mol. The molecule has 3 N–H and O–H groups in total. The van der Waals surface area contributed by atoms with Crippen LogP contribution in [0.4, 0.5) is 18.9 Å². The van der Waals surface area contributed by atoms with Crippen molar-refractivity contribution in [3.05, 3.63) is 29.3 Å². The van der Waals surface area contributed by atoms with Crippen LogP contribution in [0.5, 0.6) is 0 Å². The molecule has 23 heavy (non-hydrogen) atoms. The van der Waals surface area contributed by atoms with E-state index in [9.17, 15) is 27.9 Å². The van der Waals surface area contributed by atoms with Crippen LogP contribution in [0.1, 0.15) is 30.4 Å². The smallest absolute Gasteiger partial charge is 0.388 e. The molecular formula is C15H17F3N2O3. The van der Waals surface area contributed by atoms with E-state index in [-0.39, 0.29) is 12.2 Å². The summed E-state index contributed by atoms with van der Waals surface area (Å²) in [5.74, 6) is -2.07. The van der Waals surface area contributed by atoms with Crippen molar-refractivity contribution in [2.24, 2.45) is 0 Å². The van der Waals surface area contributed by atoms with Gasteiger partial charge in [-0.3, -0.25) is 9.59 Å². The van der Waals surface area contributed by atoms with Crippen molar-refractivity contribution in [1.82, 2.24) is 5.32 Å². The second kappa shape index (κ2) is 6.19. The van der Waals surface area contributed by atoms with Gasteiger partial charge in [0.05, 0.1) is 11.2 Å². The Hall–Kier alpha value is -2.09. The van der Waals surface area contributed by atoms with Crippen molar-refractivity contribution in [1.29, 1.82) is 0 Å². The number of rotatable bonds is 3. The average Bonchev–Trinajstić information content (AvgIpc) is 2.43. The zero-order valence-corrected chi connectivity index (χ0v) is 12.5. The fourth-order valence-electron chi connectivity index (χ4n) is 2.20. The summed E-state index contributed by atoms with van der Waals surface area (Å²) in [5, 5.41) is 14.3. The van der Waals surface area contributed by atoms with Crippen molar-refractivity contribution >= 4 is 17.5 Å². The first-order valence-electron chi connectivity index (χ1n) is 7.10. The van der Waals surface area contributed by atoms with E-state index in [4.69, 9.17) is 0 Å². The number of aryl methyl sites for hydroxylation is 1. The molecule has 0 radical (unpaired) electrons. The van der Waals surface area contributed by atoms with Gasteiger partial charge in [-0.05, 0) is 43.9 Å². The first-order chi connectivity index (χ1) is 10.6. The van der Waals surface area contributed by atoms with Crippen LogP contribution in [0.3, 0.4) is 0 Å². The van der Waals surface area contributed by atoms with Gasteiger partial charge in [0.15, 0.2) is 0 Å². The Morgan fingerprint density at radius 2 is 1.91 bits per heavy atom. The Bertz CT molecular complexity index is 625. The molecule has 0 aliphatic heterocycles. The van der Waals surface area contributed by atoms with Gasteiger partial charge in [0.1, 0.15) is 0 Å². The van der Waals surface area contributed by atoms with E-state index in [0.29, 0.717) is 18.4 Å². The molecule has 126 valence electrons. The number of amides is 2. The monoisotopic (exact) mass is 330 g/mol. The minimum Gasteiger partial charge on any atom is -0.388 e. The van der Waals surface area contributed by atoms with E-state index in [1.54, 1.807) is 0 Å². The number of halogens is 3. The largest absolute Gasteiger partial charge is 0.416 e. The van der Waals surface area contributed by atoms with Gasteiger partial charge in [0.2, 0.25) is 0 Å². The van der Waals surface area contributed by atoms with Gasteiger partial charge in [-0.1, -0.05) is 6.07 Å². The molecule has 1 aromatic rings. The Kier molecular flexibility index (Phi) is 4.65. The van der Waals surface area contributed by atoms with Crippen LogP contribution < -0.4 is 10.6 Å². The minimum absolute atomic E-state index is 0.0547. The quantitative estimate of drug-likeness (QED) is 0.742. The van der Waals surface area contributed by atoms with Crippen LogP contribution in [-0.2, 0) is 15.8 Å².